The first-order chi connectivity index (χ1) is 14.6. The SMILES string of the molecule is COc1ccccc1CNC(=O)c1ccc(-n2c(C)nc3ccccc3c2=O)cc1. The monoisotopic (exact) mass is 399 g/mol. The lowest BCUT2D eigenvalue weighted by Crippen LogP contribution is -2.24. The lowest BCUT2D eigenvalue weighted by molar-refractivity contribution is 0.0950. The van der Waals surface area contributed by atoms with E-state index in [1.54, 1.807) is 48.9 Å². The van der Waals surface area contributed by atoms with Crippen LogP contribution in [0.15, 0.2) is 77.6 Å². The van der Waals surface area contributed by atoms with E-state index in [0.717, 1.165) is 11.3 Å². The van der Waals surface area contributed by atoms with Crippen molar-refractivity contribution in [3.8, 4) is 11.4 Å². The molecule has 1 N–H and O–H groups in total. The number of fused-ring (bicyclic) bond motifs is 1. The van der Waals surface area contributed by atoms with Crippen molar-refractivity contribution in [2.75, 3.05) is 7.11 Å². The Balaban J connectivity index is 1.57. The lowest BCUT2D eigenvalue weighted by Gasteiger charge is -2.12. The Labute approximate surface area is 173 Å². The molecule has 0 atom stereocenters. The van der Waals surface area contributed by atoms with E-state index in [1.807, 2.05) is 42.5 Å². The van der Waals surface area contributed by atoms with Gasteiger partial charge in [0.15, 0.2) is 0 Å². The molecule has 0 spiro atoms. The third-order valence-corrected chi connectivity index (χ3v) is 4.96. The van der Waals surface area contributed by atoms with Gasteiger partial charge in [-0.25, -0.2) is 4.98 Å². The number of amides is 1. The number of carbonyl (C=O) groups excluding carboxylic acids is 1. The summed E-state index contributed by atoms with van der Waals surface area (Å²) in [7, 11) is 1.60. The predicted octanol–water partition coefficient (Wildman–Crippen LogP) is 3.63. The lowest BCUT2D eigenvalue weighted by atomic mass is 10.1. The number of rotatable bonds is 5. The van der Waals surface area contributed by atoms with E-state index in [-0.39, 0.29) is 11.5 Å². The summed E-state index contributed by atoms with van der Waals surface area (Å²) in [6, 6.07) is 21.7. The highest BCUT2D eigenvalue weighted by Gasteiger charge is 2.11. The molecule has 3 aromatic carbocycles. The third-order valence-electron chi connectivity index (χ3n) is 4.96. The molecule has 0 aliphatic carbocycles. The fraction of sp³-hybridized carbons (Fsp3) is 0.125. The number of benzene rings is 3. The Morgan fingerprint density at radius 1 is 1.00 bits per heavy atom. The Kier molecular flexibility index (Phi) is 5.30. The maximum Gasteiger partial charge on any atom is 0.265 e. The van der Waals surface area contributed by atoms with Gasteiger partial charge >= 0.3 is 0 Å². The summed E-state index contributed by atoms with van der Waals surface area (Å²) < 4.78 is 6.87. The van der Waals surface area contributed by atoms with Crippen LogP contribution in [0.3, 0.4) is 0 Å². The highest BCUT2D eigenvalue weighted by Crippen LogP contribution is 2.17. The molecule has 0 unspecified atom stereocenters. The molecule has 1 aromatic heterocycles. The molecule has 0 bridgehead atoms. The molecule has 0 fully saturated rings. The van der Waals surface area contributed by atoms with Crippen LogP contribution in [0, 0.1) is 6.92 Å². The summed E-state index contributed by atoms with van der Waals surface area (Å²) in [5.41, 5.74) is 2.61. The van der Waals surface area contributed by atoms with Crippen LogP contribution in [-0.4, -0.2) is 22.6 Å². The Morgan fingerprint density at radius 3 is 2.47 bits per heavy atom. The first-order valence-electron chi connectivity index (χ1n) is 9.57. The van der Waals surface area contributed by atoms with Crippen LogP contribution in [0.2, 0.25) is 0 Å². The smallest absolute Gasteiger partial charge is 0.265 e. The topological polar surface area (TPSA) is 73.2 Å². The second-order valence-corrected chi connectivity index (χ2v) is 6.86. The Hall–Kier alpha value is -3.93. The molecule has 6 heteroatoms. The standard InChI is InChI=1S/C24H21N3O3/c1-16-26-21-9-5-4-8-20(21)24(29)27(16)19-13-11-17(12-14-19)23(28)25-15-18-7-3-6-10-22(18)30-2/h3-14H,15H2,1-2H3,(H,25,28). The number of para-hydroxylation sites is 2. The second kappa shape index (κ2) is 8.21. The van der Waals surface area contributed by atoms with Crippen molar-refractivity contribution < 1.29 is 9.53 Å². The first-order valence-corrected chi connectivity index (χ1v) is 9.57. The molecule has 1 amide bonds. The summed E-state index contributed by atoms with van der Waals surface area (Å²) in [4.78, 5) is 30.0. The second-order valence-electron chi connectivity index (χ2n) is 6.86. The number of methoxy groups -OCH3 is 1. The number of hydrogen-bond donors (Lipinski definition) is 1. The highest BCUT2D eigenvalue weighted by atomic mass is 16.5. The fourth-order valence-corrected chi connectivity index (χ4v) is 3.44. The minimum Gasteiger partial charge on any atom is -0.496 e. The maximum atomic E-state index is 12.9. The molecular weight excluding hydrogens is 378 g/mol. The van der Waals surface area contributed by atoms with Gasteiger partial charge in [0, 0.05) is 17.7 Å². The van der Waals surface area contributed by atoms with Crippen LogP contribution >= 0.6 is 0 Å². The molecule has 4 aromatic rings. The largest absolute Gasteiger partial charge is 0.496 e. The van der Waals surface area contributed by atoms with Crippen LogP contribution in [0.1, 0.15) is 21.7 Å². The van der Waals surface area contributed by atoms with E-state index < -0.39 is 0 Å². The predicted molar refractivity (Wildman–Crippen MR) is 116 cm³/mol. The quantitative estimate of drug-likeness (QED) is 0.556. The van der Waals surface area contributed by atoms with Crippen molar-refractivity contribution in [3.63, 3.8) is 0 Å². The Bertz CT molecular complexity index is 1280. The number of ether oxygens (including phenoxy) is 1. The van der Waals surface area contributed by atoms with Gasteiger partial charge < -0.3 is 10.1 Å². The average Bonchev–Trinajstić information content (AvgIpc) is 2.78. The minimum absolute atomic E-state index is 0.133. The molecular formula is C24H21N3O3. The van der Waals surface area contributed by atoms with Crippen LogP contribution in [0.4, 0.5) is 0 Å². The van der Waals surface area contributed by atoms with Crippen molar-refractivity contribution >= 4 is 16.8 Å². The van der Waals surface area contributed by atoms with E-state index in [9.17, 15) is 9.59 Å². The van der Waals surface area contributed by atoms with Crippen LogP contribution in [0.25, 0.3) is 16.6 Å². The highest BCUT2D eigenvalue weighted by molar-refractivity contribution is 5.94. The molecule has 150 valence electrons. The van der Waals surface area contributed by atoms with Gasteiger partial charge in [-0.15, -0.1) is 0 Å². The van der Waals surface area contributed by atoms with Crippen LogP contribution in [0.5, 0.6) is 5.75 Å². The molecule has 0 saturated heterocycles. The number of aryl methyl sites for hydroxylation is 1. The van der Waals surface area contributed by atoms with Crippen molar-refractivity contribution in [2.45, 2.75) is 13.5 Å². The number of nitrogens with zero attached hydrogens (tertiary/aromatic N) is 2. The van der Waals surface area contributed by atoms with Crippen LogP contribution < -0.4 is 15.6 Å². The molecule has 6 nitrogen and oxygen atoms in total. The molecule has 0 radical (unpaired) electrons. The van der Waals surface area contributed by atoms with E-state index in [1.165, 1.54) is 0 Å². The summed E-state index contributed by atoms with van der Waals surface area (Å²) >= 11 is 0. The molecule has 30 heavy (non-hydrogen) atoms. The molecule has 1 heterocycles. The van der Waals surface area contributed by atoms with Gasteiger partial charge in [0.25, 0.3) is 11.5 Å². The number of aromatic nitrogens is 2. The van der Waals surface area contributed by atoms with Gasteiger partial charge in [0.05, 0.1) is 23.7 Å². The van der Waals surface area contributed by atoms with Crippen molar-refractivity contribution in [1.29, 1.82) is 0 Å². The minimum atomic E-state index is -0.201. The summed E-state index contributed by atoms with van der Waals surface area (Å²) in [5, 5.41) is 3.45. The molecule has 4 rings (SSSR count). The molecule has 0 saturated carbocycles. The summed E-state index contributed by atoms with van der Waals surface area (Å²) in [5.74, 6) is 1.12. The third kappa shape index (κ3) is 3.67. The van der Waals surface area contributed by atoms with E-state index in [4.69, 9.17) is 4.74 Å². The van der Waals surface area contributed by atoms with Gasteiger partial charge in [-0.1, -0.05) is 30.3 Å². The van der Waals surface area contributed by atoms with Gasteiger partial charge in [-0.3, -0.25) is 14.2 Å². The summed E-state index contributed by atoms with van der Waals surface area (Å²) in [6.07, 6.45) is 0. The molecule has 0 aliphatic rings. The number of nitrogens with one attached hydrogen (secondary N) is 1. The zero-order valence-corrected chi connectivity index (χ0v) is 16.8. The van der Waals surface area contributed by atoms with Gasteiger partial charge in [-0.2, -0.15) is 0 Å². The Morgan fingerprint density at radius 2 is 1.70 bits per heavy atom. The normalized spacial score (nSPS) is 10.7. The van der Waals surface area contributed by atoms with Gasteiger partial charge in [0.2, 0.25) is 0 Å². The van der Waals surface area contributed by atoms with Gasteiger partial charge in [0.1, 0.15) is 11.6 Å². The maximum absolute atomic E-state index is 12.9. The van der Waals surface area contributed by atoms with Crippen molar-refractivity contribution in [3.05, 3.63) is 100 Å². The van der Waals surface area contributed by atoms with Gasteiger partial charge in [-0.05, 0) is 49.4 Å². The van der Waals surface area contributed by atoms with E-state index >= 15 is 0 Å². The fourth-order valence-electron chi connectivity index (χ4n) is 3.44. The van der Waals surface area contributed by atoms with E-state index in [0.29, 0.717) is 34.5 Å². The van der Waals surface area contributed by atoms with E-state index in [2.05, 4.69) is 10.3 Å². The number of carbonyl (C=O) groups is 1. The number of hydrogen-bond acceptors (Lipinski definition) is 4. The van der Waals surface area contributed by atoms with Crippen LogP contribution in [-0.2, 0) is 6.54 Å². The zero-order valence-electron chi connectivity index (χ0n) is 16.8. The average molecular weight is 399 g/mol. The summed E-state index contributed by atoms with van der Waals surface area (Å²) in [6.45, 7) is 2.15. The zero-order chi connectivity index (χ0) is 21.1. The molecule has 0 aliphatic heterocycles. The van der Waals surface area contributed by atoms with Crippen molar-refractivity contribution in [1.82, 2.24) is 14.9 Å². The van der Waals surface area contributed by atoms with Crippen molar-refractivity contribution in [2.24, 2.45) is 0 Å². The first kappa shape index (κ1) is 19.4.